The molecular weight excluding hydrogens is 490 g/mol. The van der Waals surface area contributed by atoms with E-state index in [9.17, 15) is 25.9 Å². The van der Waals surface area contributed by atoms with Crippen LogP contribution >= 0.6 is 0 Å². The van der Waals surface area contributed by atoms with Gasteiger partial charge in [-0.2, -0.15) is 16.8 Å². The molecule has 11 heteroatoms. The summed E-state index contributed by atoms with van der Waals surface area (Å²) >= 11 is 0. The topological polar surface area (TPSA) is 159 Å². The average Bonchev–Trinajstić information content (AvgIpc) is 2.81. The Morgan fingerprint density at radius 2 is 1.34 bits per heavy atom. The van der Waals surface area contributed by atoms with Crippen LogP contribution in [0.2, 0.25) is 0 Å². The van der Waals surface area contributed by atoms with Gasteiger partial charge in [0.15, 0.2) is 0 Å². The highest BCUT2D eigenvalue weighted by molar-refractivity contribution is 7.86. The highest BCUT2D eigenvalue weighted by atomic mass is 32.2. The zero-order valence-corrected chi connectivity index (χ0v) is 19.6. The van der Waals surface area contributed by atoms with E-state index in [1.165, 1.54) is 54.6 Å². The Kier molecular flexibility index (Phi) is 6.50. The van der Waals surface area contributed by atoms with Crippen LogP contribution in [0.25, 0.3) is 22.5 Å². The monoisotopic (exact) mass is 509 g/mol. The van der Waals surface area contributed by atoms with E-state index in [0.29, 0.717) is 16.8 Å². The van der Waals surface area contributed by atoms with Gasteiger partial charge in [0.1, 0.15) is 15.5 Å². The van der Waals surface area contributed by atoms with Gasteiger partial charge in [0.05, 0.1) is 11.4 Å². The van der Waals surface area contributed by atoms with Crippen LogP contribution in [0.4, 0.5) is 11.4 Å². The molecule has 0 spiro atoms. The zero-order chi connectivity index (χ0) is 25.2. The Morgan fingerprint density at radius 1 is 0.743 bits per heavy atom. The molecule has 4 aromatic carbocycles. The highest BCUT2D eigenvalue weighted by Gasteiger charge is 2.20. The molecule has 0 aromatic heterocycles. The predicted molar refractivity (Wildman–Crippen MR) is 133 cm³/mol. The molecule has 9 nitrogen and oxygen atoms in total. The lowest BCUT2D eigenvalue weighted by Gasteiger charge is -2.10. The van der Waals surface area contributed by atoms with Crippen molar-refractivity contribution < 1.29 is 25.9 Å². The van der Waals surface area contributed by atoms with Crippen LogP contribution < -0.4 is 5.73 Å². The number of fused-ring (bicyclic) bond motifs is 1. The van der Waals surface area contributed by atoms with E-state index in [1.807, 2.05) is 18.2 Å². The molecule has 178 valence electrons. The standard InChI is InChI=1S/C24H19N3O6S2/c25-20-14-13-16-7-1-3-9-18(16)24(20)27-26-21(19-10-4-6-12-23(19)35(31,32)33)15-17-8-2-5-11-22(17)34(28,29)30/h1-15H,25H2,(H,28,29,30)(H,31,32,33). The summed E-state index contributed by atoms with van der Waals surface area (Å²) in [4.78, 5) is -0.873. The molecule has 0 aliphatic rings. The Morgan fingerprint density at radius 3 is 2.06 bits per heavy atom. The first-order valence-corrected chi connectivity index (χ1v) is 13.0. The first-order valence-electron chi connectivity index (χ1n) is 10.1. The molecule has 0 radical (unpaired) electrons. The van der Waals surface area contributed by atoms with Crippen LogP contribution in [0.5, 0.6) is 0 Å². The zero-order valence-electron chi connectivity index (χ0n) is 18.0. The van der Waals surface area contributed by atoms with Crippen LogP contribution in [0, 0.1) is 0 Å². The maximum absolute atomic E-state index is 12.0. The summed E-state index contributed by atoms with van der Waals surface area (Å²) in [7, 11) is -9.28. The molecule has 0 saturated carbocycles. The molecule has 0 fully saturated rings. The first-order chi connectivity index (χ1) is 16.6. The normalized spacial score (nSPS) is 12.9. The summed E-state index contributed by atoms with van der Waals surface area (Å²) in [6.07, 6.45) is 1.25. The van der Waals surface area contributed by atoms with Gasteiger partial charge in [-0.1, -0.05) is 66.7 Å². The van der Waals surface area contributed by atoms with E-state index in [1.54, 1.807) is 18.2 Å². The van der Waals surface area contributed by atoms with Gasteiger partial charge in [0.25, 0.3) is 20.2 Å². The summed E-state index contributed by atoms with van der Waals surface area (Å²) < 4.78 is 67.2. The molecular formula is C24H19N3O6S2. The number of nitrogens with zero attached hydrogens (tertiary/aromatic N) is 2. The van der Waals surface area contributed by atoms with E-state index in [2.05, 4.69) is 10.2 Å². The van der Waals surface area contributed by atoms with Crippen molar-refractivity contribution in [2.24, 2.45) is 10.2 Å². The van der Waals surface area contributed by atoms with Crippen LogP contribution in [-0.2, 0) is 20.2 Å². The minimum atomic E-state index is -4.67. The van der Waals surface area contributed by atoms with E-state index >= 15 is 0 Å². The van der Waals surface area contributed by atoms with E-state index < -0.39 is 30.0 Å². The number of anilines is 1. The van der Waals surface area contributed by atoms with Crippen molar-refractivity contribution in [2.75, 3.05) is 5.73 Å². The molecule has 0 unspecified atom stereocenters. The summed E-state index contributed by atoms with van der Waals surface area (Å²) in [5.41, 5.74) is 6.65. The van der Waals surface area contributed by atoms with Crippen LogP contribution in [0.15, 0.2) is 105 Å². The van der Waals surface area contributed by atoms with E-state index in [-0.39, 0.29) is 16.8 Å². The third kappa shape index (κ3) is 5.28. The maximum atomic E-state index is 12.0. The van der Waals surface area contributed by atoms with Crippen molar-refractivity contribution in [2.45, 2.75) is 9.79 Å². The van der Waals surface area contributed by atoms with Gasteiger partial charge in [-0.05, 0) is 35.2 Å². The van der Waals surface area contributed by atoms with Gasteiger partial charge in [0, 0.05) is 10.9 Å². The predicted octanol–water partition coefficient (Wildman–Crippen LogP) is 5.20. The number of azo groups is 1. The quantitative estimate of drug-likeness (QED) is 0.139. The first kappa shape index (κ1) is 24.2. The molecule has 0 amide bonds. The minimum Gasteiger partial charge on any atom is -0.397 e. The third-order valence-electron chi connectivity index (χ3n) is 5.12. The van der Waals surface area contributed by atoms with Crippen molar-refractivity contribution in [1.82, 2.24) is 0 Å². The summed E-state index contributed by atoms with van der Waals surface area (Å²) in [5, 5.41) is 10.0. The second kappa shape index (κ2) is 9.39. The Bertz CT molecular complexity index is 1710. The molecule has 4 N–H and O–H groups in total. The summed E-state index contributed by atoms with van der Waals surface area (Å²) in [5.74, 6) is 0. The van der Waals surface area contributed by atoms with Gasteiger partial charge in [-0.3, -0.25) is 9.11 Å². The largest absolute Gasteiger partial charge is 0.397 e. The molecule has 0 aliphatic heterocycles. The lowest BCUT2D eigenvalue weighted by atomic mass is 10.1. The number of rotatable bonds is 6. The van der Waals surface area contributed by atoms with Gasteiger partial charge in [0.2, 0.25) is 0 Å². The molecule has 4 rings (SSSR count). The molecule has 4 aromatic rings. The molecule has 0 heterocycles. The third-order valence-corrected chi connectivity index (χ3v) is 6.96. The summed E-state index contributed by atoms with van der Waals surface area (Å²) in [6.45, 7) is 0. The number of nitrogen functional groups attached to an aromatic ring is 1. The lowest BCUT2D eigenvalue weighted by molar-refractivity contribution is 0.480. The number of nitrogens with two attached hydrogens (primary N) is 1. The smallest absolute Gasteiger partial charge is 0.295 e. The van der Waals surface area contributed by atoms with Gasteiger partial charge < -0.3 is 5.73 Å². The highest BCUT2D eigenvalue weighted by Crippen LogP contribution is 2.35. The second-order valence-corrected chi connectivity index (χ2v) is 10.2. The van der Waals surface area contributed by atoms with Crippen LogP contribution in [0.1, 0.15) is 11.1 Å². The Labute approximate surface area is 201 Å². The number of hydrogen-bond donors (Lipinski definition) is 3. The molecule has 0 bridgehead atoms. The van der Waals surface area contributed by atoms with E-state index in [4.69, 9.17) is 5.73 Å². The van der Waals surface area contributed by atoms with Gasteiger partial charge in [-0.25, -0.2) is 0 Å². The maximum Gasteiger partial charge on any atom is 0.295 e. The minimum absolute atomic E-state index is 0.0278. The molecule has 0 aliphatic carbocycles. The molecule has 35 heavy (non-hydrogen) atoms. The fourth-order valence-electron chi connectivity index (χ4n) is 3.53. The van der Waals surface area contributed by atoms with Gasteiger partial charge >= 0.3 is 0 Å². The van der Waals surface area contributed by atoms with Gasteiger partial charge in [-0.15, -0.1) is 10.2 Å². The van der Waals surface area contributed by atoms with Crippen molar-refractivity contribution >= 4 is 54.2 Å². The van der Waals surface area contributed by atoms with Crippen molar-refractivity contribution in [1.29, 1.82) is 0 Å². The van der Waals surface area contributed by atoms with Crippen LogP contribution in [-0.4, -0.2) is 25.9 Å². The molecule has 0 saturated heterocycles. The van der Waals surface area contributed by atoms with Crippen LogP contribution in [0.3, 0.4) is 0 Å². The van der Waals surface area contributed by atoms with Crippen molar-refractivity contribution in [3.05, 3.63) is 96.1 Å². The van der Waals surface area contributed by atoms with E-state index in [0.717, 1.165) is 5.39 Å². The number of benzene rings is 4. The summed E-state index contributed by atoms with van der Waals surface area (Å²) in [6, 6.07) is 21.8. The fourth-order valence-corrected chi connectivity index (χ4v) is 4.91. The lowest BCUT2D eigenvalue weighted by Crippen LogP contribution is -2.03. The fraction of sp³-hybridized carbons (Fsp3) is 0. The number of hydrogen-bond acceptors (Lipinski definition) is 7. The average molecular weight is 510 g/mol. The Hall–Kier alpha value is -3.90. The van der Waals surface area contributed by atoms with Crippen molar-refractivity contribution in [3.63, 3.8) is 0 Å². The second-order valence-electron chi connectivity index (χ2n) is 7.44. The van der Waals surface area contributed by atoms with Crippen molar-refractivity contribution in [3.8, 4) is 0 Å². The Balaban J connectivity index is 1.99. The molecule has 0 atom stereocenters. The SMILES string of the molecule is Nc1ccc2ccccc2c1N=NC(=Cc1ccccc1S(=O)(=O)O)c1ccccc1S(=O)(=O)O.